The Morgan fingerprint density at radius 3 is 2.60 bits per heavy atom. The number of benzene rings is 1. The SMILES string of the molecule is CCc1ccc(CNc2nc(Cl)nc3sccc23)cc1. The van der Waals surface area contributed by atoms with E-state index in [-0.39, 0.29) is 5.28 Å². The van der Waals surface area contributed by atoms with Gasteiger partial charge in [-0.05, 0) is 40.6 Å². The lowest BCUT2D eigenvalue weighted by Gasteiger charge is -2.07. The molecule has 2 aromatic heterocycles. The molecule has 1 aromatic carbocycles. The molecule has 3 aromatic rings. The summed E-state index contributed by atoms with van der Waals surface area (Å²) in [5.41, 5.74) is 2.57. The first kappa shape index (κ1) is 13.3. The molecule has 0 amide bonds. The summed E-state index contributed by atoms with van der Waals surface area (Å²) in [6.45, 7) is 2.88. The highest BCUT2D eigenvalue weighted by Gasteiger charge is 2.07. The summed E-state index contributed by atoms with van der Waals surface area (Å²) in [4.78, 5) is 9.39. The van der Waals surface area contributed by atoms with Crippen LogP contribution < -0.4 is 5.32 Å². The van der Waals surface area contributed by atoms with Crippen molar-refractivity contribution in [1.29, 1.82) is 0 Å². The monoisotopic (exact) mass is 303 g/mol. The van der Waals surface area contributed by atoms with E-state index in [1.54, 1.807) is 11.3 Å². The number of aryl methyl sites for hydroxylation is 1. The van der Waals surface area contributed by atoms with Gasteiger partial charge in [0.25, 0.3) is 0 Å². The number of hydrogen-bond donors (Lipinski definition) is 1. The van der Waals surface area contributed by atoms with Crippen LogP contribution in [0.25, 0.3) is 10.2 Å². The number of aromatic nitrogens is 2. The number of nitrogens with one attached hydrogen (secondary N) is 1. The molecule has 3 rings (SSSR count). The lowest BCUT2D eigenvalue weighted by Crippen LogP contribution is -2.02. The summed E-state index contributed by atoms with van der Waals surface area (Å²) < 4.78 is 0. The molecule has 0 saturated heterocycles. The van der Waals surface area contributed by atoms with Gasteiger partial charge in [0, 0.05) is 6.54 Å². The van der Waals surface area contributed by atoms with E-state index in [1.807, 2.05) is 11.4 Å². The molecule has 0 fully saturated rings. The topological polar surface area (TPSA) is 37.8 Å². The molecule has 102 valence electrons. The van der Waals surface area contributed by atoms with Crippen LogP contribution in [0, 0.1) is 0 Å². The molecular weight excluding hydrogens is 290 g/mol. The van der Waals surface area contributed by atoms with Crippen LogP contribution >= 0.6 is 22.9 Å². The molecule has 3 nitrogen and oxygen atoms in total. The van der Waals surface area contributed by atoms with Crippen molar-refractivity contribution in [2.75, 3.05) is 5.32 Å². The van der Waals surface area contributed by atoms with Crippen LogP contribution in [0.1, 0.15) is 18.1 Å². The fourth-order valence-electron chi connectivity index (χ4n) is 2.04. The molecule has 0 radical (unpaired) electrons. The van der Waals surface area contributed by atoms with Gasteiger partial charge in [-0.3, -0.25) is 0 Å². The van der Waals surface area contributed by atoms with Crippen molar-refractivity contribution in [2.45, 2.75) is 19.9 Å². The third-order valence-corrected chi connectivity index (χ3v) is 4.16. The third kappa shape index (κ3) is 2.76. The van der Waals surface area contributed by atoms with Crippen LogP contribution in [0.5, 0.6) is 0 Å². The Balaban J connectivity index is 1.80. The number of nitrogens with zero attached hydrogens (tertiary/aromatic N) is 2. The number of hydrogen-bond acceptors (Lipinski definition) is 4. The molecule has 0 aliphatic carbocycles. The van der Waals surface area contributed by atoms with Gasteiger partial charge in [-0.15, -0.1) is 11.3 Å². The Hall–Kier alpha value is -1.65. The highest BCUT2D eigenvalue weighted by Crippen LogP contribution is 2.26. The summed E-state index contributed by atoms with van der Waals surface area (Å²) in [7, 11) is 0. The highest BCUT2D eigenvalue weighted by atomic mass is 35.5. The Labute approximate surface area is 126 Å². The molecule has 0 atom stereocenters. The molecule has 0 bridgehead atoms. The van der Waals surface area contributed by atoms with E-state index in [0.717, 1.165) is 29.0 Å². The average molecular weight is 304 g/mol. The van der Waals surface area contributed by atoms with Crippen molar-refractivity contribution in [1.82, 2.24) is 9.97 Å². The molecule has 1 N–H and O–H groups in total. The van der Waals surface area contributed by atoms with Crippen molar-refractivity contribution in [3.05, 3.63) is 52.1 Å². The maximum Gasteiger partial charge on any atom is 0.225 e. The maximum absolute atomic E-state index is 5.95. The Bertz CT molecular complexity index is 722. The van der Waals surface area contributed by atoms with Gasteiger partial charge in [0.15, 0.2) is 0 Å². The fraction of sp³-hybridized carbons (Fsp3) is 0.200. The van der Waals surface area contributed by atoms with E-state index in [2.05, 4.69) is 46.5 Å². The van der Waals surface area contributed by atoms with Crippen LogP contribution in [0.3, 0.4) is 0 Å². The van der Waals surface area contributed by atoms with Crippen molar-refractivity contribution in [3.8, 4) is 0 Å². The smallest absolute Gasteiger partial charge is 0.225 e. The van der Waals surface area contributed by atoms with Gasteiger partial charge < -0.3 is 5.32 Å². The zero-order chi connectivity index (χ0) is 13.9. The second kappa shape index (κ2) is 5.77. The van der Waals surface area contributed by atoms with Gasteiger partial charge in [0.05, 0.1) is 5.39 Å². The molecular formula is C15H14ClN3S. The van der Waals surface area contributed by atoms with Gasteiger partial charge in [-0.2, -0.15) is 0 Å². The summed E-state index contributed by atoms with van der Waals surface area (Å²) in [6, 6.07) is 10.6. The molecule has 2 heterocycles. The molecule has 5 heteroatoms. The highest BCUT2D eigenvalue weighted by molar-refractivity contribution is 7.16. The largest absolute Gasteiger partial charge is 0.365 e. The van der Waals surface area contributed by atoms with Gasteiger partial charge in [0.1, 0.15) is 10.6 Å². The predicted molar refractivity (Wildman–Crippen MR) is 85.6 cm³/mol. The lowest BCUT2D eigenvalue weighted by atomic mass is 10.1. The zero-order valence-electron chi connectivity index (χ0n) is 11.1. The van der Waals surface area contributed by atoms with E-state index >= 15 is 0 Å². The summed E-state index contributed by atoms with van der Waals surface area (Å²) in [5, 5.41) is 6.64. The number of rotatable bonds is 4. The van der Waals surface area contributed by atoms with Crippen LogP contribution in [0.4, 0.5) is 5.82 Å². The Kier molecular flexibility index (Phi) is 3.85. The van der Waals surface area contributed by atoms with E-state index in [4.69, 9.17) is 11.6 Å². The fourth-order valence-corrected chi connectivity index (χ4v) is 3.03. The summed E-state index contributed by atoms with van der Waals surface area (Å²) in [6.07, 6.45) is 1.06. The van der Waals surface area contributed by atoms with Gasteiger partial charge in [-0.1, -0.05) is 31.2 Å². The molecule has 0 aliphatic heterocycles. The van der Waals surface area contributed by atoms with Gasteiger partial charge in [0.2, 0.25) is 5.28 Å². The number of halogens is 1. The van der Waals surface area contributed by atoms with Crippen molar-refractivity contribution in [2.24, 2.45) is 0 Å². The Morgan fingerprint density at radius 1 is 1.10 bits per heavy atom. The number of anilines is 1. The number of fused-ring (bicyclic) bond motifs is 1. The summed E-state index contributed by atoms with van der Waals surface area (Å²) >= 11 is 7.51. The third-order valence-electron chi connectivity index (χ3n) is 3.19. The first-order valence-corrected chi connectivity index (χ1v) is 7.74. The van der Waals surface area contributed by atoms with E-state index in [9.17, 15) is 0 Å². The second-order valence-electron chi connectivity index (χ2n) is 4.50. The normalized spacial score (nSPS) is 10.9. The molecule has 0 aliphatic rings. The zero-order valence-corrected chi connectivity index (χ0v) is 12.6. The molecule has 0 spiro atoms. The van der Waals surface area contributed by atoms with Crippen molar-refractivity contribution >= 4 is 39.0 Å². The first-order chi connectivity index (χ1) is 9.76. The minimum absolute atomic E-state index is 0.281. The molecule has 0 saturated carbocycles. The van der Waals surface area contributed by atoms with Crippen molar-refractivity contribution in [3.63, 3.8) is 0 Å². The van der Waals surface area contributed by atoms with E-state index in [1.165, 1.54) is 11.1 Å². The van der Waals surface area contributed by atoms with Crippen LogP contribution in [-0.4, -0.2) is 9.97 Å². The first-order valence-electron chi connectivity index (χ1n) is 6.48. The van der Waals surface area contributed by atoms with Crippen LogP contribution in [-0.2, 0) is 13.0 Å². The minimum Gasteiger partial charge on any atom is -0.365 e. The van der Waals surface area contributed by atoms with Crippen molar-refractivity contribution < 1.29 is 0 Å². The van der Waals surface area contributed by atoms with E-state index in [0.29, 0.717) is 0 Å². The van der Waals surface area contributed by atoms with Gasteiger partial charge >= 0.3 is 0 Å². The molecule has 20 heavy (non-hydrogen) atoms. The van der Waals surface area contributed by atoms with E-state index < -0.39 is 0 Å². The van der Waals surface area contributed by atoms with Crippen LogP contribution in [0.15, 0.2) is 35.7 Å². The molecule has 0 unspecified atom stereocenters. The average Bonchev–Trinajstić information content (AvgIpc) is 2.93. The van der Waals surface area contributed by atoms with Crippen LogP contribution in [0.2, 0.25) is 5.28 Å². The lowest BCUT2D eigenvalue weighted by molar-refractivity contribution is 1.09. The minimum atomic E-state index is 0.281. The number of thiophene rings is 1. The summed E-state index contributed by atoms with van der Waals surface area (Å²) in [5.74, 6) is 0.792. The van der Waals surface area contributed by atoms with Gasteiger partial charge in [-0.25, -0.2) is 9.97 Å². The maximum atomic E-state index is 5.95. The second-order valence-corrected chi connectivity index (χ2v) is 5.74. The predicted octanol–water partition coefficient (Wildman–Crippen LogP) is 4.52. The standard InChI is InChI=1S/C15H14ClN3S/c1-2-10-3-5-11(6-4-10)9-17-13-12-7-8-20-14(12)19-15(16)18-13/h3-8H,2,9H2,1H3,(H,17,18,19). The quantitative estimate of drug-likeness (QED) is 0.720. The Morgan fingerprint density at radius 2 is 1.85 bits per heavy atom.